The minimum atomic E-state index is -0.189. The number of ether oxygens (including phenoxy) is 2. The number of likely N-dealkylation sites (N-methyl/N-ethyl adjacent to an activating group) is 1. The minimum absolute atomic E-state index is 0.106. The van der Waals surface area contributed by atoms with E-state index in [1.165, 1.54) is 17.2 Å². The molecule has 0 saturated carbocycles. The third-order valence-corrected chi connectivity index (χ3v) is 7.52. The number of nitrogens with zero attached hydrogens (tertiary/aromatic N) is 2. The molecule has 1 aliphatic heterocycles. The highest BCUT2D eigenvalue weighted by Gasteiger charge is 2.35. The van der Waals surface area contributed by atoms with Gasteiger partial charge >= 0.3 is 0 Å². The molecule has 220 valence electrons. The Balaban J connectivity index is 1.31. The molecule has 8 heteroatoms. The molecule has 3 rings (SSSR count). The van der Waals surface area contributed by atoms with Gasteiger partial charge in [-0.2, -0.15) is 0 Å². The molecule has 2 atom stereocenters. The number of carbonyl (C=O) groups is 1. The molecule has 0 radical (unpaired) electrons. The molecule has 1 aliphatic rings. The number of likely N-dealkylation sites (tertiary alicyclic amines) is 1. The summed E-state index contributed by atoms with van der Waals surface area (Å²) in [5.41, 5.74) is 4.54. The van der Waals surface area contributed by atoms with Crippen molar-refractivity contribution in [3.63, 3.8) is 0 Å². The smallest absolute Gasteiger partial charge is 0.243 e. The minimum Gasteiger partial charge on any atom is -0.378 e. The van der Waals surface area contributed by atoms with Crippen molar-refractivity contribution in [2.45, 2.75) is 38.3 Å². The topological polar surface area (TPSA) is 66.1 Å². The molecule has 0 spiro atoms. The standard InChI is InChI=1S/C32H47FN4O3/c1-5-32(38)35-17-19-40-21-20-39-18-16-34-15-7-9-26-11-13-27(14-12-26)29-23-37(24-31(29)36(3)4)22-28-25(2)8-6-10-30(28)33/h5-6,8,10-14,29,31,34H,1,7,9,15-24H2,2-4H3,(H,35,38)/t29-,31+/m1/s1. The van der Waals surface area contributed by atoms with Gasteiger partial charge in [-0.05, 0) is 69.2 Å². The van der Waals surface area contributed by atoms with Crippen LogP contribution in [0.15, 0.2) is 55.1 Å². The molecular weight excluding hydrogens is 507 g/mol. The summed E-state index contributed by atoms with van der Waals surface area (Å²) in [6, 6.07) is 14.8. The molecule has 0 aromatic heterocycles. The van der Waals surface area contributed by atoms with Crippen molar-refractivity contribution >= 4 is 5.91 Å². The molecule has 7 nitrogen and oxygen atoms in total. The Labute approximate surface area is 239 Å². The van der Waals surface area contributed by atoms with Crippen molar-refractivity contribution < 1.29 is 18.7 Å². The van der Waals surface area contributed by atoms with Gasteiger partial charge in [0.05, 0.1) is 26.4 Å². The second kappa shape index (κ2) is 17.3. The van der Waals surface area contributed by atoms with Crippen LogP contribution in [0.3, 0.4) is 0 Å². The van der Waals surface area contributed by atoms with Crippen molar-refractivity contribution in [3.8, 4) is 0 Å². The summed E-state index contributed by atoms with van der Waals surface area (Å²) in [6.07, 6.45) is 3.35. The first-order valence-corrected chi connectivity index (χ1v) is 14.4. The Hall–Kier alpha value is -2.62. The zero-order valence-corrected chi connectivity index (χ0v) is 24.5. The number of halogens is 1. The molecule has 2 aromatic carbocycles. The van der Waals surface area contributed by atoms with E-state index in [1.807, 2.05) is 13.0 Å². The Morgan fingerprint density at radius 2 is 1.77 bits per heavy atom. The quantitative estimate of drug-likeness (QED) is 0.217. The van der Waals surface area contributed by atoms with Gasteiger partial charge in [0, 0.05) is 50.2 Å². The van der Waals surface area contributed by atoms with Crippen LogP contribution in [-0.4, -0.2) is 95.0 Å². The average molecular weight is 555 g/mol. The van der Waals surface area contributed by atoms with Crippen molar-refractivity contribution in [1.82, 2.24) is 20.4 Å². The number of hydrogen-bond acceptors (Lipinski definition) is 6. The van der Waals surface area contributed by atoms with Gasteiger partial charge in [-0.1, -0.05) is 43.0 Å². The Bertz CT molecular complexity index is 1030. The van der Waals surface area contributed by atoms with Crippen LogP contribution in [0.25, 0.3) is 0 Å². The van der Waals surface area contributed by atoms with Gasteiger partial charge in [0.2, 0.25) is 5.91 Å². The second-order valence-corrected chi connectivity index (χ2v) is 10.7. The van der Waals surface area contributed by atoms with Crippen LogP contribution in [0.1, 0.15) is 34.6 Å². The number of nitrogens with one attached hydrogen (secondary N) is 2. The summed E-state index contributed by atoms with van der Waals surface area (Å²) in [7, 11) is 4.29. The first-order chi connectivity index (χ1) is 19.4. The number of rotatable bonds is 18. The van der Waals surface area contributed by atoms with Crippen LogP contribution >= 0.6 is 0 Å². The van der Waals surface area contributed by atoms with Gasteiger partial charge in [0.25, 0.3) is 0 Å². The monoisotopic (exact) mass is 554 g/mol. The summed E-state index contributed by atoms with van der Waals surface area (Å²) in [4.78, 5) is 15.7. The van der Waals surface area contributed by atoms with Crippen LogP contribution in [0, 0.1) is 12.7 Å². The number of carbonyl (C=O) groups excluding carboxylic acids is 1. The number of aryl methyl sites for hydroxylation is 2. The summed E-state index contributed by atoms with van der Waals surface area (Å²) >= 11 is 0. The molecule has 2 aromatic rings. The normalized spacial score (nSPS) is 17.4. The Morgan fingerprint density at radius 1 is 1.05 bits per heavy atom. The molecule has 2 N–H and O–H groups in total. The van der Waals surface area contributed by atoms with Gasteiger partial charge < -0.3 is 25.0 Å². The van der Waals surface area contributed by atoms with E-state index in [2.05, 4.69) is 65.4 Å². The third kappa shape index (κ3) is 10.4. The molecule has 1 heterocycles. The van der Waals surface area contributed by atoms with E-state index in [-0.39, 0.29) is 11.7 Å². The fraction of sp³-hybridized carbons (Fsp3) is 0.531. The zero-order chi connectivity index (χ0) is 28.7. The maximum Gasteiger partial charge on any atom is 0.243 e. The largest absolute Gasteiger partial charge is 0.378 e. The van der Waals surface area contributed by atoms with Crippen molar-refractivity contribution in [1.29, 1.82) is 0 Å². The van der Waals surface area contributed by atoms with E-state index in [9.17, 15) is 9.18 Å². The molecule has 1 fully saturated rings. The first-order valence-electron chi connectivity index (χ1n) is 14.4. The van der Waals surface area contributed by atoms with Crippen LogP contribution in [0.5, 0.6) is 0 Å². The molecule has 1 amide bonds. The van der Waals surface area contributed by atoms with Gasteiger partial charge in [0.1, 0.15) is 5.82 Å². The lowest BCUT2D eigenvalue weighted by Gasteiger charge is -2.25. The summed E-state index contributed by atoms with van der Waals surface area (Å²) in [5.74, 6) is 0.109. The predicted molar refractivity (Wildman–Crippen MR) is 159 cm³/mol. The van der Waals surface area contributed by atoms with Gasteiger partial charge in [-0.3, -0.25) is 9.69 Å². The molecule has 40 heavy (non-hydrogen) atoms. The molecule has 0 bridgehead atoms. The van der Waals surface area contributed by atoms with Crippen LogP contribution < -0.4 is 10.6 Å². The van der Waals surface area contributed by atoms with E-state index < -0.39 is 0 Å². The molecule has 0 aliphatic carbocycles. The maximum atomic E-state index is 14.5. The van der Waals surface area contributed by atoms with Crippen LogP contribution in [0.2, 0.25) is 0 Å². The highest BCUT2D eigenvalue weighted by molar-refractivity contribution is 5.86. The van der Waals surface area contributed by atoms with Gasteiger partial charge in [-0.15, -0.1) is 0 Å². The highest BCUT2D eigenvalue weighted by atomic mass is 19.1. The van der Waals surface area contributed by atoms with Crippen molar-refractivity contribution in [3.05, 3.63) is 83.2 Å². The van der Waals surface area contributed by atoms with Gasteiger partial charge in [-0.25, -0.2) is 4.39 Å². The number of benzene rings is 2. The number of amides is 1. The van der Waals surface area contributed by atoms with E-state index in [0.29, 0.717) is 51.5 Å². The second-order valence-electron chi connectivity index (χ2n) is 10.7. The summed E-state index contributed by atoms with van der Waals surface area (Å²) in [5, 5.41) is 6.09. The lowest BCUT2D eigenvalue weighted by Crippen LogP contribution is -2.34. The fourth-order valence-corrected chi connectivity index (χ4v) is 5.20. The van der Waals surface area contributed by atoms with E-state index >= 15 is 0 Å². The van der Waals surface area contributed by atoms with Gasteiger partial charge in [0.15, 0.2) is 0 Å². The van der Waals surface area contributed by atoms with E-state index in [0.717, 1.165) is 50.1 Å². The fourth-order valence-electron chi connectivity index (χ4n) is 5.20. The van der Waals surface area contributed by atoms with Crippen molar-refractivity contribution in [2.24, 2.45) is 0 Å². The van der Waals surface area contributed by atoms with Crippen molar-refractivity contribution in [2.75, 3.05) is 73.2 Å². The Kier molecular flexibility index (Phi) is 13.8. The van der Waals surface area contributed by atoms with Crippen LogP contribution in [0.4, 0.5) is 4.39 Å². The summed E-state index contributed by atoms with van der Waals surface area (Å²) in [6.45, 7) is 12.3. The SMILES string of the molecule is C=CC(=O)NCCOCCOCCNCCCc1ccc([C@H]2CN(Cc3c(C)cccc3F)C[C@@H]2N(C)C)cc1. The highest BCUT2D eigenvalue weighted by Crippen LogP contribution is 2.32. The predicted octanol–water partition coefficient (Wildman–Crippen LogP) is 3.52. The third-order valence-electron chi connectivity index (χ3n) is 7.52. The molecular formula is C32H47FN4O3. The average Bonchev–Trinajstić information content (AvgIpc) is 3.38. The molecule has 0 unspecified atom stereocenters. The lowest BCUT2D eigenvalue weighted by atomic mass is 9.92. The van der Waals surface area contributed by atoms with E-state index in [1.54, 1.807) is 12.1 Å². The Morgan fingerprint density at radius 3 is 2.45 bits per heavy atom. The summed E-state index contributed by atoms with van der Waals surface area (Å²) < 4.78 is 25.4. The maximum absolute atomic E-state index is 14.5. The van der Waals surface area contributed by atoms with E-state index in [4.69, 9.17) is 9.47 Å². The zero-order valence-electron chi connectivity index (χ0n) is 24.5. The van der Waals surface area contributed by atoms with Crippen LogP contribution in [-0.2, 0) is 27.2 Å². The first kappa shape index (κ1) is 31.9. The lowest BCUT2D eigenvalue weighted by molar-refractivity contribution is -0.116. The number of hydrogen-bond donors (Lipinski definition) is 2. The molecule has 1 saturated heterocycles.